The van der Waals surface area contributed by atoms with Gasteiger partial charge in [0.25, 0.3) is 0 Å². The summed E-state index contributed by atoms with van der Waals surface area (Å²) in [6.07, 6.45) is 2.96. The Balaban J connectivity index is 1.73. The van der Waals surface area contributed by atoms with Crippen molar-refractivity contribution in [3.8, 4) is 23.1 Å². The SMILES string of the molecule is COC(=O)c1ccc(/C=C/C(=O)C(C#N)c2nc(-c3ccc(OC)cc3)cs2)cc1. The molecule has 0 fully saturated rings. The second-order valence-corrected chi connectivity index (χ2v) is 7.10. The summed E-state index contributed by atoms with van der Waals surface area (Å²) in [4.78, 5) is 28.5. The molecule has 0 aliphatic carbocycles. The summed E-state index contributed by atoms with van der Waals surface area (Å²) >= 11 is 1.27. The number of benzene rings is 2. The van der Waals surface area contributed by atoms with Crippen molar-refractivity contribution in [3.63, 3.8) is 0 Å². The maximum Gasteiger partial charge on any atom is 0.337 e. The van der Waals surface area contributed by atoms with Crippen molar-refractivity contribution in [1.82, 2.24) is 4.98 Å². The highest BCUT2D eigenvalue weighted by molar-refractivity contribution is 7.10. The zero-order valence-corrected chi connectivity index (χ0v) is 17.2. The van der Waals surface area contributed by atoms with Crippen LogP contribution in [0.3, 0.4) is 0 Å². The van der Waals surface area contributed by atoms with Gasteiger partial charge in [0.15, 0.2) is 11.7 Å². The highest BCUT2D eigenvalue weighted by Crippen LogP contribution is 2.28. The average Bonchev–Trinajstić information content (AvgIpc) is 3.28. The molecule has 3 aromatic rings. The molecule has 2 aromatic carbocycles. The van der Waals surface area contributed by atoms with E-state index < -0.39 is 11.9 Å². The Morgan fingerprint density at radius 2 is 1.80 bits per heavy atom. The number of nitrogens with zero attached hydrogens (tertiary/aromatic N) is 2. The first-order valence-corrected chi connectivity index (χ1v) is 9.83. The van der Waals surface area contributed by atoms with Gasteiger partial charge >= 0.3 is 5.97 Å². The normalized spacial score (nSPS) is 11.6. The van der Waals surface area contributed by atoms with Gasteiger partial charge in [-0.2, -0.15) is 5.26 Å². The van der Waals surface area contributed by atoms with Crippen molar-refractivity contribution in [1.29, 1.82) is 5.26 Å². The summed E-state index contributed by atoms with van der Waals surface area (Å²) in [5.41, 5.74) is 2.73. The summed E-state index contributed by atoms with van der Waals surface area (Å²) < 4.78 is 9.80. The van der Waals surface area contributed by atoms with Crippen LogP contribution in [0.25, 0.3) is 17.3 Å². The Labute approximate surface area is 178 Å². The third-order valence-corrected chi connectivity index (χ3v) is 5.25. The number of hydrogen-bond donors (Lipinski definition) is 0. The smallest absolute Gasteiger partial charge is 0.337 e. The van der Waals surface area contributed by atoms with E-state index in [9.17, 15) is 14.9 Å². The number of ketones is 1. The van der Waals surface area contributed by atoms with Crippen molar-refractivity contribution in [2.24, 2.45) is 0 Å². The van der Waals surface area contributed by atoms with Crippen molar-refractivity contribution >= 4 is 29.2 Å². The first-order chi connectivity index (χ1) is 14.5. The van der Waals surface area contributed by atoms with E-state index in [2.05, 4.69) is 9.72 Å². The molecule has 0 saturated heterocycles. The molecule has 30 heavy (non-hydrogen) atoms. The van der Waals surface area contributed by atoms with Gasteiger partial charge in [-0.05, 0) is 48.0 Å². The fraction of sp³-hybridized carbons (Fsp3) is 0.130. The number of aromatic nitrogens is 1. The fourth-order valence-corrected chi connectivity index (χ4v) is 3.56. The topological polar surface area (TPSA) is 89.3 Å². The summed E-state index contributed by atoms with van der Waals surface area (Å²) in [6, 6.07) is 16.1. The van der Waals surface area contributed by atoms with Gasteiger partial charge in [-0.1, -0.05) is 18.2 Å². The lowest BCUT2D eigenvalue weighted by molar-refractivity contribution is -0.114. The molecule has 3 rings (SSSR count). The maximum absolute atomic E-state index is 12.6. The van der Waals surface area contributed by atoms with Crippen molar-refractivity contribution in [2.75, 3.05) is 14.2 Å². The third-order valence-electron chi connectivity index (χ3n) is 4.34. The summed E-state index contributed by atoms with van der Waals surface area (Å²) in [5.74, 6) is -1.02. The quantitative estimate of drug-likeness (QED) is 0.415. The Hall–Kier alpha value is -3.76. The van der Waals surface area contributed by atoms with Crippen LogP contribution in [0.2, 0.25) is 0 Å². The Bertz CT molecular complexity index is 1110. The number of carbonyl (C=O) groups is 2. The van der Waals surface area contributed by atoms with E-state index in [0.29, 0.717) is 16.3 Å². The van der Waals surface area contributed by atoms with E-state index in [-0.39, 0.29) is 5.78 Å². The molecule has 7 heteroatoms. The predicted octanol–water partition coefficient (Wildman–Crippen LogP) is 4.49. The minimum absolute atomic E-state index is 0.356. The molecule has 1 heterocycles. The maximum atomic E-state index is 12.6. The molecule has 0 radical (unpaired) electrons. The molecule has 0 bridgehead atoms. The van der Waals surface area contributed by atoms with Crippen LogP contribution in [0.15, 0.2) is 60.0 Å². The van der Waals surface area contributed by atoms with E-state index in [0.717, 1.165) is 16.9 Å². The molecule has 0 spiro atoms. The molecule has 0 N–H and O–H groups in total. The lowest BCUT2D eigenvalue weighted by Crippen LogP contribution is -2.07. The molecular weight excluding hydrogens is 400 g/mol. The number of carbonyl (C=O) groups excluding carboxylic acids is 2. The zero-order valence-electron chi connectivity index (χ0n) is 16.4. The summed E-state index contributed by atoms with van der Waals surface area (Å²) in [7, 11) is 2.91. The van der Waals surface area contributed by atoms with E-state index in [1.165, 1.54) is 24.5 Å². The number of allylic oxidation sites excluding steroid dienone is 1. The molecule has 0 aliphatic rings. The first-order valence-electron chi connectivity index (χ1n) is 8.95. The van der Waals surface area contributed by atoms with Gasteiger partial charge in [-0.15, -0.1) is 11.3 Å². The highest BCUT2D eigenvalue weighted by Gasteiger charge is 2.22. The largest absolute Gasteiger partial charge is 0.497 e. The van der Waals surface area contributed by atoms with E-state index in [4.69, 9.17) is 4.74 Å². The van der Waals surface area contributed by atoms with Crippen LogP contribution >= 0.6 is 11.3 Å². The number of nitriles is 1. The molecule has 0 aliphatic heterocycles. The van der Waals surface area contributed by atoms with Crippen molar-refractivity contribution < 1.29 is 19.1 Å². The number of methoxy groups -OCH3 is 2. The second-order valence-electron chi connectivity index (χ2n) is 6.21. The molecule has 1 aromatic heterocycles. The molecule has 6 nitrogen and oxygen atoms in total. The first kappa shape index (κ1) is 21.0. The van der Waals surface area contributed by atoms with Gasteiger partial charge in [0, 0.05) is 10.9 Å². The van der Waals surface area contributed by atoms with Crippen LogP contribution in [0.1, 0.15) is 26.8 Å². The number of rotatable bonds is 7. The molecule has 0 saturated carbocycles. The van der Waals surface area contributed by atoms with Gasteiger partial charge in [0.1, 0.15) is 10.8 Å². The molecule has 1 atom stereocenters. The predicted molar refractivity (Wildman–Crippen MR) is 114 cm³/mol. The molecule has 0 amide bonds. The lowest BCUT2D eigenvalue weighted by Gasteiger charge is -2.02. The third kappa shape index (κ3) is 4.80. The second kappa shape index (κ2) is 9.63. The molecule has 150 valence electrons. The van der Waals surface area contributed by atoms with Crippen LogP contribution in [0, 0.1) is 11.3 Å². The van der Waals surface area contributed by atoms with E-state index >= 15 is 0 Å². The average molecular weight is 418 g/mol. The Morgan fingerprint density at radius 3 is 2.40 bits per heavy atom. The summed E-state index contributed by atoms with van der Waals surface area (Å²) in [6.45, 7) is 0. The number of hydrogen-bond acceptors (Lipinski definition) is 7. The van der Waals surface area contributed by atoms with Crippen LogP contribution in [0.5, 0.6) is 5.75 Å². The van der Waals surface area contributed by atoms with Gasteiger partial charge in [-0.3, -0.25) is 4.79 Å². The van der Waals surface area contributed by atoms with Crippen molar-refractivity contribution in [2.45, 2.75) is 5.92 Å². The van der Waals surface area contributed by atoms with Gasteiger partial charge in [-0.25, -0.2) is 9.78 Å². The highest BCUT2D eigenvalue weighted by atomic mass is 32.1. The van der Waals surface area contributed by atoms with Crippen LogP contribution < -0.4 is 4.74 Å². The number of thiazole rings is 1. The minimum atomic E-state index is -0.979. The standard InChI is InChI=1S/C23H18N2O4S/c1-28-18-10-8-16(9-11-18)20-14-30-22(25-20)19(13-24)21(26)12-5-15-3-6-17(7-4-15)23(27)29-2/h3-12,14,19H,1-2H3/b12-5+. The van der Waals surface area contributed by atoms with Crippen LogP contribution in [-0.2, 0) is 9.53 Å². The molecular formula is C23H18N2O4S. The fourth-order valence-electron chi connectivity index (χ4n) is 2.68. The summed E-state index contributed by atoms with van der Waals surface area (Å²) in [5, 5.41) is 11.8. The Morgan fingerprint density at radius 1 is 1.10 bits per heavy atom. The minimum Gasteiger partial charge on any atom is -0.497 e. The van der Waals surface area contributed by atoms with Gasteiger partial charge in [0.05, 0.1) is 31.5 Å². The van der Waals surface area contributed by atoms with Gasteiger partial charge < -0.3 is 9.47 Å². The van der Waals surface area contributed by atoms with Crippen molar-refractivity contribution in [3.05, 3.63) is 76.1 Å². The van der Waals surface area contributed by atoms with E-state index in [1.54, 1.807) is 37.5 Å². The van der Waals surface area contributed by atoms with Crippen LogP contribution in [-0.4, -0.2) is 31.0 Å². The van der Waals surface area contributed by atoms with Gasteiger partial charge in [0.2, 0.25) is 0 Å². The lowest BCUT2D eigenvalue weighted by atomic mass is 10.0. The monoisotopic (exact) mass is 418 g/mol. The van der Waals surface area contributed by atoms with Crippen LogP contribution in [0.4, 0.5) is 0 Å². The van der Waals surface area contributed by atoms with E-state index in [1.807, 2.05) is 35.7 Å². The number of ether oxygens (including phenoxy) is 2. The number of esters is 1. The zero-order chi connectivity index (χ0) is 21.5. The molecule has 1 unspecified atom stereocenters. The Kier molecular flexibility index (Phi) is 6.73.